The van der Waals surface area contributed by atoms with Gasteiger partial charge in [-0.2, -0.15) is 0 Å². The van der Waals surface area contributed by atoms with Crippen molar-refractivity contribution >= 4 is 0 Å². The number of aliphatic hydroxyl groups is 1. The van der Waals surface area contributed by atoms with Gasteiger partial charge in [0.2, 0.25) is 0 Å². The first-order chi connectivity index (χ1) is 7.40. The molecule has 0 atom stereocenters. The molecule has 0 aromatic heterocycles. The summed E-state index contributed by atoms with van der Waals surface area (Å²) in [4.78, 5) is 2.34. The molecule has 0 unspecified atom stereocenters. The Balaban J connectivity index is 1.88. The molecule has 1 aliphatic heterocycles. The zero-order chi connectivity index (χ0) is 10.5. The summed E-state index contributed by atoms with van der Waals surface area (Å²) in [5.74, 6) is 0.692. The van der Waals surface area contributed by atoms with Crippen LogP contribution in [0, 0.1) is 6.07 Å². The number of β-amino-alcohol motifs (C(OH)–C–C–N with tert-alkyl or cyclic N) is 1. The Labute approximate surface area is 91.5 Å². The molecule has 1 aromatic rings. The Morgan fingerprint density at radius 1 is 1.40 bits per heavy atom. The van der Waals surface area contributed by atoms with Crippen LogP contribution in [0.25, 0.3) is 0 Å². The van der Waals surface area contributed by atoms with Gasteiger partial charge in [-0.05, 0) is 43.5 Å². The average Bonchev–Trinajstić information content (AvgIpc) is 2.32. The highest BCUT2D eigenvalue weighted by Crippen LogP contribution is 2.27. The van der Waals surface area contributed by atoms with Gasteiger partial charge in [-0.3, -0.25) is 0 Å². The van der Waals surface area contributed by atoms with Crippen molar-refractivity contribution in [1.29, 1.82) is 0 Å². The van der Waals surface area contributed by atoms with Gasteiger partial charge >= 0.3 is 0 Å². The molecule has 2 heteroatoms. The molecule has 1 aromatic carbocycles. The van der Waals surface area contributed by atoms with Gasteiger partial charge in [0.25, 0.3) is 0 Å². The maximum absolute atomic E-state index is 8.85. The van der Waals surface area contributed by atoms with Crippen LogP contribution >= 0.6 is 0 Å². The zero-order valence-electron chi connectivity index (χ0n) is 9.02. The summed E-state index contributed by atoms with van der Waals surface area (Å²) in [5.41, 5.74) is 1.42. The lowest BCUT2D eigenvalue weighted by Crippen LogP contribution is -2.34. The van der Waals surface area contributed by atoms with Crippen molar-refractivity contribution in [3.05, 3.63) is 35.9 Å². The molecule has 15 heavy (non-hydrogen) atoms. The highest BCUT2D eigenvalue weighted by Gasteiger charge is 2.19. The van der Waals surface area contributed by atoms with Crippen LogP contribution in [-0.4, -0.2) is 36.2 Å². The number of hydrogen-bond acceptors (Lipinski definition) is 2. The summed E-state index contributed by atoms with van der Waals surface area (Å²) < 4.78 is 0. The van der Waals surface area contributed by atoms with E-state index in [9.17, 15) is 0 Å². The lowest BCUT2D eigenvalue weighted by Gasteiger charge is -2.31. The van der Waals surface area contributed by atoms with Gasteiger partial charge in [0.1, 0.15) is 0 Å². The van der Waals surface area contributed by atoms with Crippen LogP contribution in [0.1, 0.15) is 24.3 Å². The third kappa shape index (κ3) is 2.80. The van der Waals surface area contributed by atoms with Crippen LogP contribution in [0.5, 0.6) is 0 Å². The molecule has 1 saturated heterocycles. The van der Waals surface area contributed by atoms with Crippen molar-refractivity contribution in [2.24, 2.45) is 0 Å². The molecule has 1 radical (unpaired) electrons. The van der Waals surface area contributed by atoms with Crippen LogP contribution in [0.15, 0.2) is 24.3 Å². The fourth-order valence-corrected chi connectivity index (χ4v) is 2.29. The normalized spacial score (nSPS) is 19.3. The summed E-state index contributed by atoms with van der Waals surface area (Å²) >= 11 is 0. The molecular weight excluding hydrogens is 186 g/mol. The zero-order valence-corrected chi connectivity index (χ0v) is 9.02. The van der Waals surface area contributed by atoms with Gasteiger partial charge < -0.3 is 10.0 Å². The monoisotopic (exact) mass is 204 g/mol. The fourth-order valence-electron chi connectivity index (χ4n) is 2.29. The van der Waals surface area contributed by atoms with Crippen molar-refractivity contribution in [1.82, 2.24) is 4.90 Å². The predicted molar refractivity (Wildman–Crippen MR) is 60.8 cm³/mol. The molecule has 1 aliphatic rings. The van der Waals surface area contributed by atoms with Gasteiger partial charge in [0.15, 0.2) is 0 Å². The van der Waals surface area contributed by atoms with Gasteiger partial charge in [-0.25, -0.2) is 0 Å². The summed E-state index contributed by atoms with van der Waals surface area (Å²) in [5, 5.41) is 8.85. The molecule has 1 N–H and O–H groups in total. The minimum atomic E-state index is 0.282. The molecule has 81 valence electrons. The van der Waals surface area contributed by atoms with Crippen LogP contribution in [0.3, 0.4) is 0 Å². The molecule has 0 spiro atoms. The second kappa shape index (κ2) is 5.29. The molecule has 0 amide bonds. The Bertz CT molecular complexity index is 278. The summed E-state index contributed by atoms with van der Waals surface area (Å²) in [7, 11) is 0. The number of rotatable bonds is 3. The highest BCUT2D eigenvalue weighted by atomic mass is 16.3. The molecule has 2 rings (SSSR count). The third-order valence-corrected chi connectivity index (χ3v) is 3.21. The van der Waals surface area contributed by atoms with Gasteiger partial charge in [-0.15, -0.1) is 0 Å². The molecule has 1 heterocycles. The lowest BCUT2D eigenvalue weighted by molar-refractivity contribution is 0.164. The van der Waals surface area contributed by atoms with Crippen molar-refractivity contribution < 1.29 is 5.11 Å². The maximum Gasteiger partial charge on any atom is 0.0558 e. The minimum Gasteiger partial charge on any atom is -0.395 e. The van der Waals surface area contributed by atoms with Gasteiger partial charge in [-0.1, -0.05) is 24.3 Å². The molecule has 1 fully saturated rings. The van der Waals surface area contributed by atoms with E-state index in [1.807, 2.05) is 6.07 Å². The van der Waals surface area contributed by atoms with E-state index in [0.29, 0.717) is 5.92 Å². The summed E-state index contributed by atoms with van der Waals surface area (Å²) in [6.45, 7) is 3.33. The van der Waals surface area contributed by atoms with Crippen molar-refractivity contribution in [2.45, 2.75) is 18.8 Å². The van der Waals surface area contributed by atoms with E-state index in [4.69, 9.17) is 5.11 Å². The van der Waals surface area contributed by atoms with Crippen LogP contribution in [-0.2, 0) is 0 Å². The summed E-state index contributed by atoms with van der Waals surface area (Å²) in [6, 6.07) is 11.5. The first-order valence-electron chi connectivity index (χ1n) is 5.69. The first kappa shape index (κ1) is 10.7. The molecule has 0 bridgehead atoms. The Kier molecular flexibility index (Phi) is 3.75. The Morgan fingerprint density at radius 3 is 2.80 bits per heavy atom. The Morgan fingerprint density at radius 2 is 2.20 bits per heavy atom. The highest BCUT2D eigenvalue weighted by molar-refractivity contribution is 5.19. The smallest absolute Gasteiger partial charge is 0.0558 e. The first-order valence-corrected chi connectivity index (χ1v) is 5.69. The average molecular weight is 204 g/mol. The largest absolute Gasteiger partial charge is 0.395 e. The van der Waals surface area contributed by atoms with Crippen LogP contribution in [0.2, 0.25) is 0 Å². The Hall–Kier alpha value is -0.860. The van der Waals surface area contributed by atoms with Crippen molar-refractivity contribution in [3.8, 4) is 0 Å². The van der Waals surface area contributed by atoms with E-state index < -0.39 is 0 Å². The SMILES string of the molecule is OCCN1CCC(c2c[c]ccc2)CC1. The van der Waals surface area contributed by atoms with E-state index in [0.717, 1.165) is 19.6 Å². The number of aliphatic hydroxyl groups excluding tert-OH is 1. The number of piperidine rings is 1. The van der Waals surface area contributed by atoms with E-state index in [2.05, 4.69) is 29.2 Å². The number of benzene rings is 1. The van der Waals surface area contributed by atoms with E-state index >= 15 is 0 Å². The molecule has 2 nitrogen and oxygen atoms in total. The van der Waals surface area contributed by atoms with Crippen molar-refractivity contribution in [3.63, 3.8) is 0 Å². The lowest BCUT2D eigenvalue weighted by atomic mass is 9.89. The quantitative estimate of drug-likeness (QED) is 0.809. The van der Waals surface area contributed by atoms with Gasteiger partial charge in [0.05, 0.1) is 6.61 Å². The predicted octanol–water partition coefficient (Wildman–Crippen LogP) is 1.66. The topological polar surface area (TPSA) is 23.5 Å². The fraction of sp³-hybridized carbons (Fsp3) is 0.538. The minimum absolute atomic E-state index is 0.282. The number of hydrogen-bond donors (Lipinski definition) is 1. The van der Waals surface area contributed by atoms with E-state index in [-0.39, 0.29) is 6.61 Å². The molecule has 0 saturated carbocycles. The molecule has 0 aliphatic carbocycles. The maximum atomic E-state index is 8.85. The van der Waals surface area contributed by atoms with Crippen molar-refractivity contribution in [2.75, 3.05) is 26.2 Å². The summed E-state index contributed by atoms with van der Waals surface area (Å²) in [6.07, 6.45) is 2.41. The van der Waals surface area contributed by atoms with Crippen LogP contribution in [0.4, 0.5) is 0 Å². The number of nitrogens with zero attached hydrogens (tertiary/aromatic N) is 1. The van der Waals surface area contributed by atoms with Crippen LogP contribution < -0.4 is 0 Å². The van der Waals surface area contributed by atoms with E-state index in [1.54, 1.807) is 0 Å². The van der Waals surface area contributed by atoms with E-state index in [1.165, 1.54) is 18.4 Å². The molecular formula is C13H18NO. The second-order valence-electron chi connectivity index (χ2n) is 4.18. The third-order valence-electron chi connectivity index (χ3n) is 3.21. The number of likely N-dealkylation sites (tertiary alicyclic amines) is 1. The van der Waals surface area contributed by atoms with Gasteiger partial charge in [0, 0.05) is 6.54 Å². The standard InChI is InChI=1S/C13H18NO/c15-11-10-14-8-6-13(7-9-14)12-4-2-1-3-5-12/h1-2,4-5,13,15H,6-11H2. The second-order valence-corrected chi connectivity index (χ2v) is 4.18.